The molecular formula is C9H5BrN2. The van der Waals surface area contributed by atoms with Crippen molar-refractivity contribution in [2.75, 3.05) is 0 Å². The summed E-state index contributed by atoms with van der Waals surface area (Å²) in [4.78, 5) is 3.93. The second-order valence-electron chi connectivity index (χ2n) is 2.03. The van der Waals surface area contributed by atoms with Crippen LogP contribution in [-0.4, -0.2) is 4.98 Å². The Bertz CT molecular complexity index is 368. The van der Waals surface area contributed by atoms with Crippen molar-refractivity contribution in [1.29, 1.82) is 5.26 Å². The molecule has 0 aliphatic rings. The molecule has 1 rings (SSSR count). The van der Waals surface area contributed by atoms with Crippen LogP contribution in [-0.2, 0) is 0 Å². The lowest BCUT2D eigenvalue weighted by atomic mass is 10.3. The number of pyridine rings is 1. The summed E-state index contributed by atoms with van der Waals surface area (Å²) in [6, 6.07) is 3.81. The Balaban J connectivity index is 2.79. The molecule has 0 aliphatic carbocycles. The summed E-state index contributed by atoms with van der Waals surface area (Å²) < 4.78 is 0.895. The van der Waals surface area contributed by atoms with E-state index in [-0.39, 0.29) is 6.42 Å². The van der Waals surface area contributed by atoms with Crippen LogP contribution in [0.15, 0.2) is 22.9 Å². The van der Waals surface area contributed by atoms with Crippen LogP contribution in [0.25, 0.3) is 0 Å². The van der Waals surface area contributed by atoms with E-state index in [1.165, 1.54) is 0 Å². The van der Waals surface area contributed by atoms with E-state index in [0.717, 1.165) is 10.0 Å². The van der Waals surface area contributed by atoms with Crippen molar-refractivity contribution in [2.45, 2.75) is 6.42 Å². The molecule has 0 aliphatic heterocycles. The standard InChI is InChI=1S/C9H5BrN2/c10-9-5-8(6-12-7-9)3-1-2-4-11/h5-7H,2H2. The SMILES string of the molecule is N#CCC#Cc1cncc(Br)c1. The molecule has 0 bridgehead atoms. The van der Waals surface area contributed by atoms with Crippen molar-refractivity contribution in [1.82, 2.24) is 4.98 Å². The molecule has 3 heteroatoms. The Kier molecular flexibility index (Phi) is 3.32. The van der Waals surface area contributed by atoms with Gasteiger partial charge in [0.1, 0.15) is 0 Å². The first-order valence-electron chi connectivity index (χ1n) is 3.29. The second kappa shape index (κ2) is 4.54. The Morgan fingerprint density at radius 3 is 3.00 bits per heavy atom. The summed E-state index contributed by atoms with van der Waals surface area (Å²) >= 11 is 3.28. The number of hydrogen-bond donors (Lipinski definition) is 0. The predicted octanol–water partition coefficient (Wildman–Crippen LogP) is 2.11. The van der Waals surface area contributed by atoms with Gasteiger partial charge in [0.2, 0.25) is 0 Å². The quantitative estimate of drug-likeness (QED) is 0.629. The molecule has 1 aromatic rings. The van der Waals surface area contributed by atoms with E-state index in [9.17, 15) is 0 Å². The first-order valence-corrected chi connectivity index (χ1v) is 4.08. The van der Waals surface area contributed by atoms with Gasteiger partial charge in [-0.3, -0.25) is 4.98 Å². The summed E-state index contributed by atoms with van der Waals surface area (Å²) in [6.07, 6.45) is 3.61. The van der Waals surface area contributed by atoms with E-state index in [4.69, 9.17) is 5.26 Å². The first-order chi connectivity index (χ1) is 5.83. The highest BCUT2D eigenvalue weighted by Crippen LogP contribution is 2.08. The van der Waals surface area contributed by atoms with Crippen LogP contribution in [0.4, 0.5) is 0 Å². The fourth-order valence-electron chi connectivity index (χ4n) is 0.666. The molecule has 1 heterocycles. The lowest BCUT2D eigenvalue weighted by Gasteiger charge is -1.88. The average Bonchev–Trinajstić information content (AvgIpc) is 2.05. The number of aromatic nitrogens is 1. The highest BCUT2D eigenvalue weighted by atomic mass is 79.9. The lowest BCUT2D eigenvalue weighted by molar-refractivity contribution is 1.29. The van der Waals surface area contributed by atoms with Gasteiger partial charge in [-0.05, 0) is 22.0 Å². The number of hydrogen-bond acceptors (Lipinski definition) is 2. The molecule has 12 heavy (non-hydrogen) atoms. The van der Waals surface area contributed by atoms with Gasteiger partial charge in [-0.15, -0.1) is 0 Å². The minimum absolute atomic E-state index is 0.256. The van der Waals surface area contributed by atoms with Gasteiger partial charge in [-0.1, -0.05) is 11.8 Å². The molecule has 0 radical (unpaired) electrons. The topological polar surface area (TPSA) is 36.7 Å². The van der Waals surface area contributed by atoms with E-state index in [1.807, 2.05) is 12.1 Å². The normalized spacial score (nSPS) is 8.00. The van der Waals surface area contributed by atoms with Crippen molar-refractivity contribution in [3.63, 3.8) is 0 Å². The fourth-order valence-corrected chi connectivity index (χ4v) is 1.03. The van der Waals surface area contributed by atoms with Crippen LogP contribution in [0.1, 0.15) is 12.0 Å². The number of nitrogens with zero attached hydrogens (tertiary/aromatic N) is 2. The summed E-state index contributed by atoms with van der Waals surface area (Å²) in [5.74, 6) is 5.53. The van der Waals surface area contributed by atoms with Crippen LogP contribution in [0.2, 0.25) is 0 Å². The van der Waals surface area contributed by atoms with Gasteiger partial charge in [0.25, 0.3) is 0 Å². The van der Waals surface area contributed by atoms with Crippen molar-refractivity contribution in [3.8, 4) is 17.9 Å². The smallest absolute Gasteiger partial charge is 0.0966 e. The maximum atomic E-state index is 8.22. The highest BCUT2D eigenvalue weighted by Gasteiger charge is 1.88. The second-order valence-corrected chi connectivity index (χ2v) is 2.94. The third kappa shape index (κ3) is 2.74. The Labute approximate surface area is 79.4 Å². The van der Waals surface area contributed by atoms with Gasteiger partial charge in [-0.2, -0.15) is 5.26 Å². The van der Waals surface area contributed by atoms with Crippen LogP contribution in [0, 0.1) is 23.2 Å². The van der Waals surface area contributed by atoms with Gasteiger partial charge in [0.15, 0.2) is 0 Å². The van der Waals surface area contributed by atoms with Gasteiger partial charge >= 0.3 is 0 Å². The molecular weight excluding hydrogens is 216 g/mol. The van der Waals surface area contributed by atoms with Crippen molar-refractivity contribution in [2.24, 2.45) is 0 Å². The predicted molar refractivity (Wildman–Crippen MR) is 49.0 cm³/mol. The Hall–Kier alpha value is -1.32. The van der Waals surface area contributed by atoms with Gasteiger partial charge < -0.3 is 0 Å². The minimum atomic E-state index is 0.256. The third-order valence-electron chi connectivity index (χ3n) is 1.11. The summed E-state index contributed by atoms with van der Waals surface area (Å²) in [5, 5.41) is 8.22. The monoisotopic (exact) mass is 220 g/mol. The molecule has 2 nitrogen and oxygen atoms in total. The van der Waals surface area contributed by atoms with Crippen LogP contribution in [0.5, 0.6) is 0 Å². The molecule has 0 N–H and O–H groups in total. The van der Waals surface area contributed by atoms with E-state index >= 15 is 0 Å². The van der Waals surface area contributed by atoms with Gasteiger partial charge in [-0.25, -0.2) is 0 Å². The van der Waals surface area contributed by atoms with Gasteiger partial charge in [0.05, 0.1) is 12.5 Å². The molecule has 0 fully saturated rings. The van der Waals surface area contributed by atoms with Crippen LogP contribution < -0.4 is 0 Å². The molecule has 0 amide bonds. The molecule has 0 spiro atoms. The van der Waals surface area contributed by atoms with Crippen molar-refractivity contribution >= 4 is 15.9 Å². The van der Waals surface area contributed by atoms with Gasteiger partial charge in [0, 0.05) is 22.4 Å². The fraction of sp³-hybridized carbons (Fsp3) is 0.111. The summed E-state index contributed by atoms with van der Waals surface area (Å²) in [7, 11) is 0. The zero-order valence-electron chi connectivity index (χ0n) is 6.21. The number of nitriles is 1. The summed E-state index contributed by atoms with van der Waals surface area (Å²) in [6.45, 7) is 0. The summed E-state index contributed by atoms with van der Waals surface area (Å²) in [5.41, 5.74) is 0.819. The zero-order valence-corrected chi connectivity index (χ0v) is 7.80. The van der Waals surface area contributed by atoms with Crippen molar-refractivity contribution in [3.05, 3.63) is 28.5 Å². The zero-order chi connectivity index (χ0) is 8.81. The lowest BCUT2D eigenvalue weighted by Crippen LogP contribution is -1.77. The van der Waals surface area contributed by atoms with E-state index < -0.39 is 0 Å². The molecule has 1 aromatic heterocycles. The van der Waals surface area contributed by atoms with E-state index in [1.54, 1.807) is 12.4 Å². The van der Waals surface area contributed by atoms with Crippen LogP contribution >= 0.6 is 15.9 Å². The first kappa shape index (κ1) is 8.77. The Morgan fingerprint density at radius 2 is 2.33 bits per heavy atom. The minimum Gasteiger partial charge on any atom is -0.262 e. The molecule has 0 aromatic carbocycles. The third-order valence-corrected chi connectivity index (χ3v) is 1.54. The molecule has 58 valence electrons. The maximum absolute atomic E-state index is 8.22. The average molecular weight is 221 g/mol. The Morgan fingerprint density at radius 1 is 1.50 bits per heavy atom. The maximum Gasteiger partial charge on any atom is 0.0966 e. The highest BCUT2D eigenvalue weighted by molar-refractivity contribution is 9.10. The largest absolute Gasteiger partial charge is 0.262 e. The molecule has 0 saturated carbocycles. The molecule has 0 atom stereocenters. The van der Waals surface area contributed by atoms with E-state index in [2.05, 4.69) is 32.8 Å². The molecule has 0 unspecified atom stereocenters. The number of halogens is 1. The van der Waals surface area contributed by atoms with Crippen LogP contribution in [0.3, 0.4) is 0 Å². The van der Waals surface area contributed by atoms with Crippen molar-refractivity contribution < 1.29 is 0 Å². The van der Waals surface area contributed by atoms with E-state index in [0.29, 0.717) is 0 Å². The number of rotatable bonds is 0. The molecule has 0 saturated heterocycles.